The molecule has 0 saturated carbocycles. The number of ether oxygens (including phenoxy) is 4. The fraction of sp³-hybridized carbons (Fsp3) is 0.810. The first kappa shape index (κ1) is 24.8. The van der Waals surface area contributed by atoms with Gasteiger partial charge in [-0.1, -0.05) is 37.0 Å². The van der Waals surface area contributed by atoms with E-state index in [2.05, 4.69) is 23.8 Å². The maximum atomic E-state index is 5.57. The van der Waals surface area contributed by atoms with E-state index in [4.69, 9.17) is 18.9 Å². The van der Waals surface area contributed by atoms with Crippen LogP contribution in [0.5, 0.6) is 0 Å². The van der Waals surface area contributed by atoms with Crippen LogP contribution in [0.2, 0.25) is 0 Å². The molecule has 28 heavy (non-hydrogen) atoms. The molecule has 0 atom stereocenters. The monoisotopic (exact) mass is 397 g/mol. The highest BCUT2D eigenvalue weighted by molar-refractivity contribution is 4.92. The first-order valence-corrected chi connectivity index (χ1v) is 10.6. The predicted molar refractivity (Wildman–Crippen MR) is 111 cm³/mol. The third-order valence-corrected chi connectivity index (χ3v) is 4.13. The van der Waals surface area contributed by atoms with Crippen molar-refractivity contribution in [2.75, 3.05) is 52.9 Å². The molecule has 0 aliphatic heterocycles. The van der Waals surface area contributed by atoms with E-state index in [1.165, 1.54) is 25.7 Å². The Morgan fingerprint density at radius 2 is 1.50 bits per heavy atom. The van der Waals surface area contributed by atoms with Gasteiger partial charge in [-0.15, -0.1) is 11.7 Å². The normalized spacial score (nSPS) is 11.2. The lowest BCUT2D eigenvalue weighted by Crippen LogP contribution is -2.13. The van der Waals surface area contributed by atoms with Crippen molar-refractivity contribution in [3.63, 3.8) is 0 Å². The Labute approximate surface area is 170 Å². The fourth-order valence-corrected chi connectivity index (χ4v) is 2.46. The van der Waals surface area contributed by atoms with Crippen LogP contribution in [0.1, 0.15) is 51.6 Å². The molecule has 0 bridgehead atoms. The van der Waals surface area contributed by atoms with Crippen LogP contribution in [0, 0.1) is 0 Å². The topological polar surface area (TPSA) is 67.6 Å². The molecule has 1 aromatic rings. The highest BCUT2D eigenvalue weighted by Gasteiger charge is 2.01. The molecule has 0 amide bonds. The Morgan fingerprint density at radius 3 is 2.11 bits per heavy atom. The summed E-state index contributed by atoms with van der Waals surface area (Å²) in [5.74, 6) is 0. The van der Waals surface area contributed by atoms with Crippen LogP contribution in [0.25, 0.3) is 0 Å². The molecule has 1 heterocycles. The van der Waals surface area contributed by atoms with Crippen LogP contribution in [0.4, 0.5) is 0 Å². The highest BCUT2D eigenvalue weighted by Crippen LogP contribution is 2.05. The summed E-state index contributed by atoms with van der Waals surface area (Å²) in [6.45, 7) is 13.6. The molecule has 0 radical (unpaired) electrons. The van der Waals surface area contributed by atoms with Crippen LogP contribution >= 0.6 is 0 Å². The van der Waals surface area contributed by atoms with E-state index in [1.807, 2.05) is 17.8 Å². The number of nitrogens with zero attached hydrogens (tertiary/aromatic N) is 3. The van der Waals surface area contributed by atoms with E-state index in [0.717, 1.165) is 30.7 Å². The second-order valence-electron chi connectivity index (χ2n) is 6.94. The zero-order valence-corrected chi connectivity index (χ0v) is 17.9. The average Bonchev–Trinajstić information content (AvgIpc) is 3.13. The van der Waals surface area contributed by atoms with Gasteiger partial charge in [0.05, 0.1) is 65.1 Å². The van der Waals surface area contributed by atoms with Crippen molar-refractivity contribution in [2.24, 2.45) is 0 Å². The van der Waals surface area contributed by atoms with Crippen LogP contribution in [0.15, 0.2) is 18.3 Å². The summed E-state index contributed by atoms with van der Waals surface area (Å²) in [4.78, 5) is 0. The molecule has 1 rings (SSSR count). The summed E-state index contributed by atoms with van der Waals surface area (Å²) in [5.41, 5.74) is 2.21. The molecule has 0 spiro atoms. The van der Waals surface area contributed by atoms with Gasteiger partial charge < -0.3 is 18.9 Å². The Hall–Kier alpha value is -1.28. The molecular formula is C21H39N3O4. The molecule has 0 fully saturated rings. The Balaban J connectivity index is 1.83. The minimum atomic E-state index is 0.568. The number of rotatable bonds is 20. The Bertz CT molecular complexity index is 494. The van der Waals surface area contributed by atoms with Gasteiger partial charge in [-0.05, 0) is 26.2 Å². The molecule has 1 aromatic heterocycles. The van der Waals surface area contributed by atoms with E-state index >= 15 is 0 Å². The molecule has 7 heteroatoms. The smallest absolute Gasteiger partial charge is 0.0827 e. The zero-order chi connectivity index (χ0) is 20.3. The van der Waals surface area contributed by atoms with Gasteiger partial charge in [0, 0.05) is 6.20 Å². The van der Waals surface area contributed by atoms with Crippen molar-refractivity contribution >= 4 is 0 Å². The van der Waals surface area contributed by atoms with Crippen molar-refractivity contribution in [1.82, 2.24) is 15.0 Å². The summed E-state index contributed by atoms with van der Waals surface area (Å²) in [6, 6.07) is 0. The van der Waals surface area contributed by atoms with Gasteiger partial charge in [-0.2, -0.15) is 0 Å². The maximum absolute atomic E-state index is 5.57. The third-order valence-electron chi connectivity index (χ3n) is 4.13. The first-order chi connectivity index (χ1) is 13.7. The van der Waals surface area contributed by atoms with Crippen molar-refractivity contribution < 1.29 is 18.9 Å². The summed E-state index contributed by atoms with van der Waals surface area (Å²) in [6.07, 6.45) is 8.93. The SMILES string of the molecule is C=C(C)CCOCCOCCOCCOCCn1cc(CCCCCC)nn1. The summed E-state index contributed by atoms with van der Waals surface area (Å²) in [5, 5.41) is 8.35. The lowest BCUT2D eigenvalue weighted by Gasteiger charge is -2.07. The van der Waals surface area contributed by atoms with Gasteiger partial charge in [-0.3, -0.25) is 0 Å². The number of hydrogen-bond donors (Lipinski definition) is 0. The molecule has 0 aliphatic rings. The maximum Gasteiger partial charge on any atom is 0.0827 e. The van der Waals surface area contributed by atoms with Crippen molar-refractivity contribution in [3.05, 3.63) is 24.0 Å². The number of aromatic nitrogens is 3. The van der Waals surface area contributed by atoms with E-state index in [0.29, 0.717) is 52.9 Å². The number of hydrogen-bond acceptors (Lipinski definition) is 6. The number of unbranched alkanes of at least 4 members (excludes halogenated alkanes) is 3. The highest BCUT2D eigenvalue weighted by atomic mass is 16.6. The minimum absolute atomic E-state index is 0.568. The second-order valence-corrected chi connectivity index (χ2v) is 6.94. The zero-order valence-electron chi connectivity index (χ0n) is 17.9. The molecule has 0 saturated heterocycles. The standard InChI is InChI=1S/C21H39N3O4/c1-4-5-6-7-8-21-19-24(23-22-21)10-12-26-14-16-28-18-17-27-15-13-25-11-9-20(2)3/h19H,2,4-18H2,1,3H3. The fourth-order valence-electron chi connectivity index (χ4n) is 2.46. The van der Waals surface area contributed by atoms with Gasteiger partial charge in [0.2, 0.25) is 0 Å². The largest absolute Gasteiger partial charge is 0.379 e. The summed E-state index contributed by atoms with van der Waals surface area (Å²) >= 11 is 0. The third kappa shape index (κ3) is 14.7. The van der Waals surface area contributed by atoms with Crippen LogP contribution in [-0.2, 0) is 31.9 Å². The minimum Gasteiger partial charge on any atom is -0.379 e. The quantitative estimate of drug-likeness (QED) is 0.248. The predicted octanol–water partition coefficient (Wildman–Crippen LogP) is 3.43. The lowest BCUT2D eigenvalue weighted by atomic mass is 10.1. The second kappa shape index (κ2) is 17.8. The van der Waals surface area contributed by atoms with Gasteiger partial charge in [-0.25, -0.2) is 4.68 Å². The summed E-state index contributed by atoms with van der Waals surface area (Å²) < 4.78 is 23.8. The average molecular weight is 398 g/mol. The van der Waals surface area contributed by atoms with E-state index in [9.17, 15) is 0 Å². The van der Waals surface area contributed by atoms with Crippen LogP contribution in [-0.4, -0.2) is 67.8 Å². The first-order valence-electron chi connectivity index (χ1n) is 10.6. The molecule has 162 valence electrons. The van der Waals surface area contributed by atoms with Gasteiger partial charge in [0.15, 0.2) is 0 Å². The van der Waals surface area contributed by atoms with Crippen molar-refractivity contribution in [3.8, 4) is 0 Å². The molecule has 0 aliphatic carbocycles. The van der Waals surface area contributed by atoms with E-state index < -0.39 is 0 Å². The lowest BCUT2D eigenvalue weighted by molar-refractivity contribution is -0.00246. The molecule has 0 unspecified atom stereocenters. The van der Waals surface area contributed by atoms with Gasteiger partial charge in [0.25, 0.3) is 0 Å². The Kier molecular flexibility index (Phi) is 15.7. The van der Waals surface area contributed by atoms with E-state index in [-0.39, 0.29) is 0 Å². The molecular weight excluding hydrogens is 358 g/mol. The number of aryl methyl sites for hydroxylation is 1. The van der Waals surface area contributed by atoms with Crippen LogP contribution < -0.4 is 0 Å². The van der Waals surface area contributed by atoms with E-state index in [1.54, 1.807) is 0 Å². The Morgan fingerprint density at radius 1 is 0.893 bits per heavy atom. The van der Waals surface area contributed by atoms with Crippen molar-refractivity contribution in [1.29, 1.82) is 0 Å². The van der Waals surface area contributed by atoms with Gasteiger partial charge in [0.1, 0.15) is 0 Å². The van der Waals surface area contributed by atoms with Gasteiger partial charge >= 0.3 is 0 Å². The summed E-state index contributed by atoms with van der Waals surface area (Å²) in [7, 11) is 0. The van der Waals surface area contributed by atoms with Crippen LogP contribution in [0.3, 0.4) is 0 Å². The molecule has 7 nitrogen and oxygen atoms in total. The molecule has 0 aromatic carbocycles. The molecule has 0 N–H and O–H groups in total. The van der Waals surface area contributed by atoms with Crippen molar-refractivity contribution in [2.45, 2.75) is 58.9 Å².